The highest BCUT2D eigenvalue weighted by atomic mass is 14.9. The molecule has 90 valence electrons. The summed E-state index contributed by atoms with van der Waals surface area (Å²) >= 11 is 0. The van der Waals surface area contributed by atoms with Gasteiger partial charge in [-0.1, -0.05) is 46.0 Å². The Labute approximate surface area is 96.0 Å². The van der Waals surface area contributed by atoms with Crippen molar-refractivity contribution in [2.24, 2.45) is 11.8 Å². The van der Waals surface area contributed by atoms with E-state index in [0.29, 0.717) is 0 Å². The SMILES string of the molecule is CCC(CC)CN[C@@H](C)C1CCCCC1. The predicted octanol–water partition coefficient (Wildman–Crippen LogP) is 3.98. The Bertz CT molecular complexity index is 145. The van der Waals surface area contributed by atoms with Gasteiger partial charge in [-0.05, 0) is 38.1 Å². The second-order valence-corrected chi connectivity index (χ2v) is 5.28. The van der Waals surface area contributed by atoms with Crippen molar-refractivity contribution >= 4 is 0 Å². The van der Waals surface area contributed by atoms with Crippen LogP contribution in [0.3, 0.4) is 0 Å². The summed E-state index contributed by atoms with van der Waals surface area (Å²) in [6.07, 6.45) is 9.94. The Kier molecular flexibility index (Phi) is 6.31. The molecule has 1 aliphatic carbocycles. The van der Waals surface area contributed by atoms with Gasteiger partial charge in [0.05, 0.1) is 0 Å². The zero-order valence-electron chi connectivity index (χ0n) is 10.9. The molecule has 15 heavy (non-hydrogen) atoms. The van der Waals surface area contributed by atoms with Gasteiger partial charge in [-0.2, -0.15) is 0 Å². The molecule has 0 spiro atoms. The molecule has 1 aliphatic rings. The third-order valence-corrected chi connectivity index (χ3v) is 4.24. The van der Waals surface area contributed by atoms with Crippen LogP contribution in [0.15, 0.2) is 0 Å². The standard InChI is InChI=1S/C14H29N/c1-4-13(5-2)11-15-12(3)14-9-7-6-8-10-14/h12-15H,4-11H2,1-3H3/t12-/m0/s1. The van der Waals surface area contributed by atoms with Crippen LogP contribution in [0.1, 0.15) is 65.7 Å². The van der Waals surface area contributed by atoms with Gasteiger partial charge in [0.25, 0.3) is 0 Å². The molecule has 0 aromatic carbocycles. The molecule has 1 nitrogen and oxygen atoms in total. The fraction of sp³-hybridized carbons (Fsp3) is 1.00. The molecular weight excluding hydrogens is 182 g/mol. The first kappa shape index (κ1) is 13.0. The topological polar surface area (TPSA) is 12.0 Å². The average Bonchev–Trinajstić information content (AvgIpc) is 2.31. The van der Waals surface area contributed by atoms with E-state index < -0.39 is 0 Å². The molecule has 1 atom stereocenters. The highest BCUT2D eigenvalue weighted by molar-refractivity contribution is 4.76. The number of hydrogen-bond donors (Lipinski definition) is 1. The molecule has 0 radical (unpaired) electrons. The molecule has 0 saturated heterocycles. The molecule has 0 bridgehead atoms. The molecule has 0 aromatic heterocycles. The van der Waals surface area contributed by atoms with E-state index in [0.717, 1.165) is 17.9 Å². The predicted molar refractivity (Wildman–Crippen MR) is 68.1 cm³/mol. The maximum Gasteiger partial charge on any atom is 0.00671 e. The van der Waals surface area contributed by atoms with Crippen molar-refractivity contribution in [3.8, 4) is 0 Å². The molecule has 0 heterocycles. The van der Waals surface area contributed by atoms with Crippen LogP contribution in [-0.2, 0) is 0 Å². The summed E-state index contributed by atoms with van der Waals surface area (Å²) in [5.41, 5.74) is 0. The first-order valence-corrected chi connectivity index (χ1v) is 7.01. The van der Waals surface area contributed by atoms with Gasteiger partial charge in [-0.25, -0.2) is 0 Å². The second-order valence-electron chi connectivity index (χ2n) is 5.28. The van der Waals surface area contributed by atoms with Crippen molar-refractivity contribution in [1.29, 1.82) is 0 Å². The smallest absolute Gasteiger partial charge is 0.00671 e. The zero-order chi connectivity index (χ0) is 11.1. The maximum atomic E-state index is 3.75. The Morgan fingerprint density at radius 3 is 2.20 bits per heavy atom. The Morgan fingerprint density at radius 1 is 1.07 bits per heavy atom. The van der Waals surface area contributed by atoms with Crippen LogP contribution >= 0.6 is 0 Å². The molecule has 0 amide bonds. The van der Waals surface area contributed by atoms with Crippen molar-refractivity contribution < 1.29 is 0 Å². The summed E-state index contributed by atoms with van der Waals surface area (Å²) in [5.74, 6) is 1.84. The van der Waals surface area contributed by atoms with Crippen molar-refractivity contribution in [1.82, 2.24) is 5.32 Å². The van der Waals surface area contributed by atoms with E-state index >= 15 is 0 Å². The highest BCUT2D eigenvalue weighted by Gasteiger charge is 2.19. The molecule has 1 saturated carbocycles. The third kappa shape index (κ3) is 4.55. The van der Waals surface area contributed by atoms with Crippen LogP contribution in [0, 0.1) is 11.8 Å². The lowest BCUT2D eigenvalue weighted by Crippen LogP contribution is -2.37. The first-order chi connectivity index (χ1) is 7.27. The van der Waals surface area contributed by atoms with E-state index in [2.05, 4.69) is 26.1 Å². The summed E-state index contributed by atoms with van der Waals surface area (Å²) in [5, 5.41) is 3.75. The number of nitrogens with one attached hydrogen (secondary N) is 1. The van der Waals surface area contributed by atoms with Crippen LogP contribution in [-0.4, -0.2) is 12.6 Å². The van der Waals surface area contributed by atoms with Gasteiger partial charge in [0, 0.05) is 6.04 Å². The van der Waals surface area contributed by atoms with E-state index in [4.69, 9.17) is 0 Å². The van der Waals surface area contributed by atoms with E-state index in [1.54, 1.807) is 0 Å². The largest absolute Gasteiger partial charge is 0.314 e. The highest BCUT2D eigenvalue weighted by Crippen LogP contribution is 2.26. The van der Waals surface area contributed by atoms with Crippen molar-refractivity contribution in [2.75, 3.05) is 6.54 Å². The van der Waals surface area contributed by atoms with Gasteiger partial charge in [0.15, 0.2) is 0 Å². The monoisotopic (exact) mass is 211 g/mol. The summed E-state index contributed by atoms with van der Waals surface area (Å²) in [7, 11) is 0. The van der Waals surface area contributed by atoms with Crippen LogP contribution in [0.2, 0.25) is 0 Å². The van der Waals surface area contributed by atoms with Crippen LogP contribution in [0.5, 0.6) is 0 Å². The zero-order valence-corrected chi connectivity index (χ0v) is 10.9. The minimum Gasteiger partial charge on any atom is -0.314 e. The number of hydrogen-bond acceptors (Lipinski definition) is 1. The normalized spacial score (nSPS) is 20.8. The maximum absolute atomic E-state index is 3.75. The fourth-order valence-electron chi connectivity index (χ4n) is 2.73. The van der Waals surface area contributed by atoms with Crippen LogP contribution in [0.25, 0.3) is 0 Å². The molecule has 0 aliphatic heterocycles. The molecule has 1 fully saturated rings. The van der Waals surface area contributed by atoms with Gasteiger partial charge < -0.3 is 5.32 Å². The average molecular weight is 211 g/mol. The summed E-state index contributed by atoms with van der Waals surface area (Å²) in [4.78, 5) is 0. The van der Waals surface area contributed by atoms with Gasteiger partial charge in [0.1, 0.15) is 0 Å². The minimum atomic E-state index is 0.742. The van der Waals surface area contributed by atoms with Crippen LogP contribution < -0.4 is 5.32 Å². The van der Waals surface area contributed by atoms with Gasteiger partial charge in [-0.15, -0.1) is 0 Å². The molecule has 0 unspecified atom stereocenters. The molecule has 1 N–H and O–H groups in total. The second kappa shape index (κ2) is 7.27. The lowest BCUT2D eigenvalue weighted by atomic mass is 9.84. The lowest BCUT2D eigenvalue weighted by Gasteiger charge is -2.29. The third-order valence-electron chi connectivity index (χ3n) is 4.24. The quantitative estimate of drug-likeness (QED) is 0.700. The fourth-order valence-corrected chi connectivity index (χ4v) is 2.73. The lowest BCUT2D eigenvalue weighted by molar-refractivity contribution is 0.269. The molecule has 0 aromatic rings. The van der Waals surface area contributed by atoms with Gasteiger partial charge in [0.2, 0.25) is 0 Å². The van der Waals surface area contributed by atoms with E-state index in [1.165, 1.54) is 51.5 Å². The summed E-state index contributed by atoms with van der Waals surface area (Å²) in [6.45, 7) is 8.23. The first-order valence-electron chi connectivity index (χ1n) is 7.01. The Hall–Kier alpha value is -0.0400. The summed E-state index contributed by atoms with van der Waals surface area (Å²) < 4.78 is 0. The molecule has 1 rings (SSSR count). The number of rotatable bonds is 6. The Morgan fingerprint density at radius 2 is 1.67 bits per heavy atom. The minimum absolute atomic E-state index is 0.742. The van der Waals surface area contributed by atoms with E-state index in [-0.39, 0.29) is 0 Å². The molecular formula is C14H29N. The van der Waals surface area contributed by atoms with E-state index in [1.807, 2.05) is 0 Å². The molecule has 1 heteroatoms. The van der Waals surface area contributed by atoms with Crippen molar-refractivity contribution in [2.45, 2.75) is 71.8 Å². The van der Waals surface area contributed by atoms with Crippen LogP contribution in [0.4, 0.5) is 0 Å². The summed E-state index contributed by atoms with van der Waals surface area (Å²) in [6, 6.07) is 0.742. The van der Waals surface area contributed by atoms with E-state index in [9.17, 15) is 0 Å². The van der Waals surface area contributed by atoms with Gasteiger partial charge >= 0.3 is 0 Å². The van der Waals surface area contributed by atoms with Gasteiger partial charge in [-0.3, -0.25) is 0 Å². The van der Waals surface area contributed by atoms with Crippen molar-refractivity contribution in [3.05, 3.63) is 0 Å². The van der Waals surface area contributed by atoms with Crippen molar-refractivity contribution in [3.63, 3.8) is 0 Å². The Balaban J connectivity index is 2.18.